The number of fused-ring (bicyclic) bond motifs is 6. The third-order valence-corrected chi connectivity index (χ3v) is 10.8. The van der Waals surface area contributed by atoms with E-state index in [4.69, 9.17) is 9.15 Å². The minimum atomic E-state index is 0.826. The second-order valence-corrected chi connectivity index (χ2v) is 14.2. The average molecular weight is 719 g/mol. The number of hydrogen-bond acceptors (Lipinski definition) is 4. The van der Waals surface area contributed by atoms with Crippen LogP contribution in [-0.2, 0) is 0 Å². The molecule has 1 aliphatic rings. The molecule has 0 radical (unpaired) electrons. The number of para-hydroxylation sites is 4. The second kappa shape index (κ2) is 13.1. The smallest absolute Gasteiger partial charge is 0.152 e. The molecule has 4 nitrogen and oxygen atoms in total. The van der Waals surface area contributed by atoms with Crippen molar-refractivity contribution in [2.24, 2.45) is 0 Å². The monoisotopic (exact) mass is 718 g/mol. The highest BCUT2D eigenvalue weighted by atomic mass is 16.5. The predicted molar refractivity (Wildman–Crippen MR) is 232 cm³/mol. The summed E-state index contributed by atoms with van der Waals surface area (Å²) in [5, 5.41) is 4.65. The van der Waals surface area contributed by atoms with E-state index in [-0.39, 0.29) is 0 Å². The Morgan fingerprint density at radius 1 is 0.375 bits per heavy atom. The van der Waals surface area contributed by atoms with Crippen molar-refractivity contribution in [3.8, 4) is 33.8 Å². The van der Waals surface area contributed by atoms with Crippen molar-refractivity contribution in [3.05, 3.63) is 206 Å². The van der Waals surface area contributed by atoms with Gasteiger partial charge in [-0.2, -0.15) is 0 Å². The fourth-order valence-electron chi connectivity index (χ4n) is 8.13. The number of ether oxygens (including phenoxy) is 1. The SMILES string of the molecule is c1ccc(N2c3ccccc3Oc3cc(-c4ccc(N(c5ccc(-c6ccc7oc8ccccc8c7c6)cc5)c5cccc6ccccc56)cc4)ccc32)cc1. The second-order valence-electron chi connectivity index (χ2n) is 14.2. The van der Waals surface area contributed by atoms with Crippen LogP contribution in [0.15, 0.2) is 211 Å². The lowest BCUT2D eigenvalue weighted by Gasteiger charge is -2.33. The van der Waals surface area contributed by atoms with Crippen LogP contribution in [0.4, 0.5) is 34.1 Å². The van der Waals surface area contributed by atoms with Crippen LogP contribution in [0, 0.1) is 0 Å². The van der Waals surface area contributed by atoms with E-state index in [9.17, 15) is 0 Å². The lowest BCUT2D eigenvalue weighted by molar-refractivity contribution is 0.477. The predicted octanol–water partition coefficient (Wildman–Crippen LogP) is 15.1. The fourth-order valence-corrected chi connectivity index (χ4v) is 8.13. The van der Waals surface area contributed by atoms with Crippen LogP contribution < -0.4 is 14.5 Å². The van der Waals surface area contributed by atoms with Gasteiger partial charge in [0.2, 0.25) is 0 Å². The molecule has 56 heavy (non-hydrogen) atoms. The fraction of sp³-hybridized carbons (Fsp3) is 0. The van der Waals surface area contributed by atoms with Gasteiger partial charge in [-0.3, -0.25) is 0 Å². The Labute approximate surface area is 324 Å². The first-order chi connectivity index (χ1) is 27.7. The van der Waals surface area contributed by atoms with Gasteiger partial charge >= 0.3 is 0 Å². The largest absolute Gasteiger partial charge is 0.456 e. The summed E-state index contributed by atoms with van der Waals surface area (Å²) in [6, 6.07) is 72.7. The Balaban J connectivity index is 0.966. The topological polar surface area (TPSA) is 28.9 Å². The maximum Gasteiger partial charge on any atom is 0.152 e. The molecule has 0 saturated heterocycles. The Kier molecular flexibility index (Phi) is 7.46. The zero-order valence-corrected chi connectivity index (χ0v) is 30.3. The normalized spacial score (nSPS) is 12.0. The van der Waals surface area contributed by atoms with Gasteiger partial charge in [0.15, 0.2) is 11.5 Å². The van der Waals surface area contributed by atoms with Crippen molar-refractivity contribution in [1.82, 2.24) is 0 Å². The van der Waals surface area contributed by atoms with Crippen LogP contribution in [0.3, 0.4) is 0 Å². The first-order valence-corrected chi connectivity index (χ1v) is 18.9. The third-order valence-electron chi connectivity index (χ3n) is 10.8. The van der Waals surface area contributed by atoms with Crippen molar-refractivity contribution in [2.75, 3.05) is 9.80 Å². The number of hydrogen-bond donors (Lipinski definition) is 0. The Morgan fingerprint density at radius 3 is 1.77 bits per heavy atom. The standard InChI is InChI=1S/C52H34N2O2/c1-2-13-40(14-3-1)54-47-17-7-9-20-51(47)56-52-34-39(25-31-48(52)54)36-23-29-42(30-24-36)53(46-18-10-12-37-11-4-5-15-43(37)46)41-27-21-35(22-28-41)38-26-32-50-45(33-38)44-16-6-8-19-49(44)55-50/h1-34H. The summed E-state index contributed by atoms with van der Waals surface area (Å²) in [4.78, 5) is 4.62. The molecule has 11 rings (SSSR count). The average Bonchev–Trinajstić information content (AvgIpc) is 3.64. The van der Waals surface area contributed by atoms with Gasteiger partial charge < -0.3 is 19.0 Å². The minimum absolute atomic E-state index is 0.826. The maximum atomic E-state index is 6.53. The highest BCUT2D eigenvalue weighted by Gasteiger charge is 2.26. The van der Waals surface area contributed by atoms with Crippen LogP contribution >= 0.6 is 0 Å². The molecule has 1 aromatic heterocycles. The Hall–Kier alpha value is -7.56. The zero-order valence-electron chi connectivity index (χ0n) is 30.3. The summed E-state index contributed by atoms with van der Waals surface area (Å²) >= 11 is 0. The molecule has 9 aromatic carbocycles. The van der Waals surface area contributed by atoms with Gasteiger partial charge in [-0.15, -0.1) is 0 Å². The minimum Gasteiger partial charge on any atom is -0.456 e. The van der Waals surface area contributed by atoms with E-state index in [0.717, 1.165) is 89.8 Å². The van der Waals surface area contributed by atoms with Gasteiger partial charge in [0.1, 0.15) is 11.2 Å². The number of benzene rings is 9. The van der Waals surface area contributed by atoms with Crippen molar-refractivity contribution in [2.45, 2.75) is 0 Å². The molecule has 0 N–H and O–H groups in total. The molecule has 0 aliphatic carbocycles. The molecule has 10 aromatic rings. The lowest BCUT2D eigenvalue weighted by Crippen LogP contribution is -2.15. The van der Waals surface area contributed by atoms with Crippen molar-refractivity contribution < 1.29 is 9.15 Å². The Bertz CT molecular complexity index is 3050. The third kappa shape index (κ3) is 5.39. The van der Waals surface area contributed by atoms with Gasteiger partial charge in [-0.1, -0.05) is 121 Å². The maximum absolute atomic E-state index is 6.53. The summed E-state index contributed by atoms with van der Waals surface area (Å²) < 4.78 is 12.6. The van der Waals surface area contributed by atoms with Crippen LogP contribution in [0.2, 0.25) is 0 Å². The molecule has 0 fully saturated rings. The van der Waals surface area contributed by atoms with E-state index in [1.165, 1.54) is 10.8 Å². The summed E-state index contributed by atoms with van der Waals surface area (Å²) in [6.45, 7) is 0. The number of nitrogens with zero attached hydrogens (tertiary/aromatic N) is 2. The molecule has 0 amide bonds. The molecule has 0 saturated carbocycles. The van der Waals surface area contributed by atoms with Gasteiger partial charge in [0, 0.05) is 33.2 Å². The summed E-state index contributed by atoms with van der Waals surface area (Å²) in [5.74, 6) is 1.66. The van der Waals surface area contributed by atoms with Gasteiger partial charge in [0.05, 0.1) is 17.1 Å². The van der Waals surface area contributed by atoms with Crippen molar-refractivity contribution in [3.63, 3.8) is 0 Å². The number of anilines is 6. The molecular weight excluding hydrogens is 685 g/mol. The van der Waals surface area contributed by atoms with Crippen molar-refractivity contribution >= 4 is 66.8 Å². The quantitative estimate of drug-likeness (QED) is 0.171. The molecule has 0 spiro atoms. The van der Waals surface area contributed by atoms with Crippen LogP contribution in [0.25, 0.3) is 55.0 Å². The summed E-state index contributed by atoms with van der Waals surface area (Å²) in [5.41, 5.74) is 12.7. The molecule has 1 aliphatic heterocycles. The van der Waals surface area contributed by atoms with Gasteiger partial charge in [0.25, 0.3) is 0 Å². The molecule has 0 unspecified atom stereocenters. The van der Waals surface area contributed by atoms with E-state index in [1.807, 2.05) is 30.3 Å². The summed E-state index contributed by atoms with van der Waals surface area (Å²) in [7, 11) is 0. The summed E-state index contributed by atoms with van der Waals surface area (Å²) in [6.07, 6.45) is 0. The molecule has 2 heterocycles. The van der Waals surface area contributed by atoms with E-state index in [1.54, 1.807) is 0 Å². The van der Waals surface area contributed by atoms with Crippen molar-refractivity contribution in [1.29, 1.82) is 0 Å². The first-order valence-electron chi connectivity index (χ1n) is 18.9. The number of rotatable bonds is 6. The van der Waals surface area contributed by atoms with Gasteiger partial charge in [-0.25, -0.2) is 0 Å². The van der Waals surface area contributed by atoms with Crippen LogP contribution in [-0.4, -0.2) is 0 Å². The zero-order chi connectivity index (χ0) is 37.0. The highest BCUT2D eigenvalue weighted by Crippen LogP contribution is 2.51. The van der Waals surface area contributed by atoms with E-state index in [2.05, 4.69) is 186 Å². The van der Waals surface area contributed by atoms with E-state index >= 15 is 0 Å². The highest BCUT2D eigenvalue weighted by molar-refractivity contribution is 6.06. The molecule has 264 valence electrons. The molecular formula is C52H34N2O2. The van der Waals surface area contributed by atoms with E-state index in [0.29, 0.717) is 0 Å². The van der Waals surface area contributed by atoms with Gasteiger partial charge in [-0.05, 0) is 113 Å². The lowest BCUT2D eigenvalue weighted by atomic mass is 10.0. The van der Waals surface area contributed by atoms with Crippen LogP contribution in [0.1, 0.15) is 0 Å². The molecule has 0 bridgehead atoms. The molecule has 0 atom stereocenters. The Morgan fingerprint density at radius 2 is 0.964 bits per heavy atom. The molecule has 4 heteroatoms. The number of furan rings is 1. The van der Waals surface area contributed by atoms with E-state index < -0.39 is 0 Å². The first kappa shape index (κ1) is 31.9. The van der Waals surface area contributed by atoms with Crippen LogP contribution in [0.5, 0.6) is 11.5 Å².